The van der Waals surface area contributed by atoms with Crippen LogP contribution < -0.4 is 10.1 Å². The van der Waals surface area contributed by atoms with E-state index in [1.807, 2.05) is 13.0 Å². The molecule has 32 heavy (non-hydrogen) atoms. The lowest BCUT2D eigenvalue weighted by Gasteiger charge is -2.22. The lowest BCUT2D eigenvalue weighted by atomic mass is 10.1. The Kier molecular flexibility index (Phi) is 8.38. The monoisotopic (exact) mass is 441 g/mol. The minimum atomic E-state index is -0.178. The van der Waals surface area contributed by atoms with E-state index < -0.39 is 0 Å². The molecule has 2 aromatic rings. The van der Waals surface area contributed by atoms with E-state index in [9.17, 15) is 9.59 Å². The van der Waals surface area contributed by atoms with E-state index in [1.165, 1.54) is 4.68 Å². The number of nitrogens with one attached hydrogen (secondary N) is 1. The molecule has 172 valence electrons. The molecule has 1 aromatic carbocycles. The maximum atomic E-state index is 13.0. The van der Waals surface area contributed by atoms with Crippen LogP contribution in [0.4, 0.5) is 0 Å². The number of allylic oxidation sites excluding steroid dienone is 1. The van der Waals surface area contributed by atoms with Gasteiger partial charge in [-0.1, -0.05) is 11.3 Å². The van der Waals surface area contributed by atoms with Crippen molar-refractivity contribution >= 4 is 11.8 Å². The minimum Gasteiger partial charge on any atom is -0.491 e. The zero-order valence-corrected chi connectivity index (χ0v) is 18.7. The fraction of sp³-hybridized carbons (Fsp3) is 0.478. The van der Waals surface area contributed by atoms with E-state index in [1.54, 1.807) is 36.4 Å². The molecule has 1 aliphatic heterocycles. The Hall–Kier alpha value is -3.20. The van der Waals surface area contributed by atoms with Crippen molar-refractivity contribution in [1.82, 2.24) is 25.2 Å². The molecule has 9 nitrogen and oxygen atoms in total. The van der Waals surface area contributed by atoms with Crippen molar-refractivity contribution in [3.8, 4) is 11.4 Å². The summed E-state index contributed by atoms with van der Waals surface area (Å²) < 4.78 is 12.7. The van der Waals surface area contributed by atoms with Gasteiger partial charge in [-0.3, -0.25) is 9.59 Å². The van der Waals surface area contributed by atoms with E-state index in [0.717, 1.165) is 25.7 Å². The van der Waals surface area contributed by atoms with Crippen molar-refractivity contribution in [3.63, 3.8) is 0 Å². The van der Waals surface area contributed by atoms with Crippen LogP contribution in [-0.2, 0) is 4.74 Å². The van der Waals surface area contributed by atoms with Crippen LogP contribution in [0.15, 0.2) is 37.1 Å². The smallest absolute Gasteiger partial charge is 0.276 e. The average Bonchev–Trinajstić information content (AvgIpc) is 3.47. The number of aromatic nitrogens is 3. The number of hydrogen-bond donors (Lipinski definition) is 1. The average molecular weight is 442 g/mol. The molecule has 2 heterocycles. The summed E-state index contributed by atoms with van der Waals surface area (Å²) in [5.74, 6) is 0.158. The zero-order valence-electron chi connectivity index (χ0n) is 18.7. The molecule has 1 saturated heterocycles. The normalized spacial score (nSPS) is 15.6. The summed E-state index contributed by atoms with van der Waals surface area (Å²) in [6.07, 6.45) is 6.91. The molecule has 0 radical (unpaired) electrons. The molecule has 0 unspecified atom stereocenters. The number of methoxy groups -OCH3 is 1. The summed E-state index contributed by atoms with van der Waals surface area (Å²) in [6.45, 7) is 7.77. The third-order valence-corrected chi connectivity index (χ3v) is 5.33. The van der Waals surface area contributed by atoms with Gasteiger partial charge in [-0.15, -0.1) is 11.7 Å². The first-order valence-electron chi connectivity index (χ1n) is 11.0. The third-order valence-electron chi connectivity index (χ3n) is 5.33. The van der Waals surface area contributed by atoms with Crippen molar-refractivity contribution in [3.05, 3.63) is 48.3 Å². The maximum Gasteiger partial charge on any atom is 0.276 e. The predicted octanol–water partition coefficient (Wildman–Crippen LogP) is 2.61. The number of nitrogens with zero attached hydrogens (tertiary/aromatic N) is 4. The second-order valence-electron chi connectivity index (χ2n) is 7.62. The highest BCUT2D eigenvalue weighted by molar-refractivity contribution is 5.95. The lowest BCUT2D eigenvalue weighted by molar-refractivity contribution is 0.0625. The molecular formula is C23H31N5O4. The standard InChI is InChI=1S/C23H31N5O4/c1-4-6-7-13-32-21-14-17(22(29)24-5-2)10-11-20(21)28-15-19(25-26-28)23(30)27-12-8-9-18(27)16-31-3/h4,10-11,14-15,18H,1,5-9,12-13,16H2,2-3H3,(H,24,29)/t18-/m0/s1. The minimum absolute atomic E-state index is 0.0535. The molecule has 0 aliphatic carbocycles. The molecule has 9 heteroatoms. The van der Waals surface area contributed by atoms with Crippen LogP contribution in [0, 0.1) is 0 Å². The van der Waals surface area contributed by atoms with Crippen LogP contribution in [0.1, 0.15) is 53.5 Å². The Labute approximate surface area is 188 Å². The van der Waals surface area contributed by atoms with Crippen molar-refractivity contribution in [1.29, 1.82) is 0 Å². The van der Waals surface area contributed by atoms with E-state index in [0.29, 0.717) is 43.3 Å². The molecule has 1 aliphatic rings. The summed E-state index contributed by atoms with van der Waals surface area (Å²) >= 11 is 0. The highest BCUT2D eigenvalue weighted by Gasteiger charge is 2.31. The van der Waals surface area contributed by atoms with Crippen molar-refractivity contribution in [2.24, 2.45) is 0 Å². The fourth-order valence-corrected chi connectivity index (χ4v) is 3.73. The van der Waals surface area contributed by atoms with Gasteiger partial charge in [-0.25, -0.2) is 4.68 Å². The van der Waals surface area contributed by atoms with E-state index in [2.05, 4.69) is 22.2 Å². The van der Waals surface area contributed by atoms with Crippen LogP contribution in [0.3, 0.4) is 0 Å². The summed E-state index contributed by atoms with van der Waals surface area (Å²) in [4.78, 5) is 27.0. The first-order valence-corrected chi connectivity index (χ1v) is 11.0. The first kappa shape index (κ1) is 23.5. The van der Waals surface area contributed by atoms with Crippen molar-refractivity contribution in [2.45, 2.75) is 38.6 Å². The quantitative estimate of drug-likeness (QED) is 0.425. The second kappa shape index (κ2) is 11.4. The number of ether oxygens (including phenoxy) is 2. The molecule has 1 fully saturated rings. The van der Waals surface area contributed by atoms with Crippen molar-refractivity contribution in [2.75, 3.05) is 33.4 Å². The van der Waals surface area contributed by atoms with Crippen LogP contribution in [-0.4, -0.2) is 71.2 Å². The molecule has 0 saturated carbocycles. The Bertz CT molecular complexity index is 942. The maximum absolute atomic E-state index is 13.0. The summed E-state index contributed by atoms with van der Waals surface area (Å²) in [6, 6.07) is 5.19. The molecule has 2 amide bonds. The van der Waals surface area contributed by atoms with Gasteiger partial charge < -0.3 is 19.7 Å². The molecule has 0 spiro atoms. The van der Waals surface area contributed by atoms with E-state index in [-0.39, 0.29) is 23.6 Å². The fourth-order valence-electron chi connectivity index (χ4n) is 3.73. The number of hydrogen-bond acceptors (Lipinski definition) is 6. The molecule has 0 bridgehead atoms. The van der Waals surface area contributed by atoms with Crippen LogP contribution in [0.5, 0.6) is 5.75 Å². The van der Waals surface area contributed by atoms with Gasteiger partial charge in [0.05, 0.1) is 25.5 Å². The van der Waals surface area contributed by atoms with Crippen LogP contribution >= 0.6 is 0 Å². The summed E-state index contributed by atoms with van der Waals surface area (Å²) in [7, 11) is 1.64. The largest absolute Gasteiger partial charge is 0.491 e. The number of likely N-dealkylation sites (tertiary alicyclic amines) is 1. The van der Waals surface area contributed by atoms with Crippen LogP contribution in [0.25, 0.3) is 5.69 Å². The summed E-state index contributed by atoms with van der Waals surface area (Å²) in [5.41, 5.74) is 1.36. The summed E-state index contributed by atoms with van der Waals surface area (Å²) in [5, 5.41) is 11.0. The molecule has 1 N–H and O–H groups in total. The second-order valence-corrected chi connectivity index (χ2v) is 7.62. The predicted molar refractivity (Wildman–Crippen MR) is 120 cm³/mol. The molecule has 3 rings (SSSR count). The van der Waals surface area contributed by atoms with Gasteiger partial charge in [0.2, 0.25) is 0 Å². The number of rotatable bonds is 11. The third kappa shape index (κ3) is 5.53. The van der Waals surface area contributed by atoms with E-state index in [4.69, 9.17) is 9.47 Å². The van der Waals surface area contributed by atoms with Gasteiger partial charge in [0, 0.05) is 25.8 Å². The lowest BCUT2D eigenvalue weighted by Crippen LogP contribution is -2.38. The van der Waals surface area contributed by atoms with Crippen molar-refractivity contribution < 1.29 is 19.1 Å². The molecule has 1 aromatic heterocycles. The SMILES string of the molecule is C=CCCCOc1cc(C(=O)NCC)ccc1-n1cc(C(=O)N2CCC[C@H]2COC)nn1. The topological polar surface area (TPSA) is 98.6 Å². The highest BCUT2D eigenvalue weighted by atomic mass is 16.5. The Morgan fingerprint density at radius 3 is 2.97 bits per heavy atom. The number of carbonyl (C=O) groups is 2. The van der Waals surface area contributed by atoms with Gasteiger partial charge in [0.25, 0.3) is 11.8 Å². The number of unbranched alkanes of at least 4 members (excludes halogenated alkanes) is 1. The van der Waals surface area contributed by atoms with Gasteiger partial charge in [-0.05, 0) is 50.8 Å². The van der Waals surface area contributed by atoms with Crippen LogP contribution in [0.2, 0.25) is 0 Å². The number of carbonyl (C=O) groups excluding carboxylic acids is 2. The first-order chi connectivity index (χ1) is 15.6. The highest BCUT2D eigenvalue weighted by Crippen LogP contribution is 2.26. The Balaban J connectivity index is 1.84. The van der Waals surface area contributed by atoms with Gasteiger partial charge in [0.1, 0.15) is 11.4 Å². The van der Waals surface area contributed by atoms with E-state index >= 15 is 0 Å². The van der Waals surface area contributed by atoms with Gasteiger partial charge >= 0.3 is 0 Å². The molecule has 1 atom stereocenters. The number of benzene rings is 1. The zero-order chi connectivity index (χ0) is 22.9. The van der Waals surface area contributed by atoms with Gasteiger partial charge in [-0.2, -0.15) is 0 Å². The molecular weight excluding hydrogens is 410 g/mol. The Morgan fingerprint density at radius 2 is 2.22 bits per heavy atom. The van der Waals surface area contributed by atoms with Gasteiger partial charge in [0.15, 0.2) is 5.69 Å². The number of amides is 2. The Morgan fingerprint density at radius 1 is 1.38 bits per heavy atom.